The molecule has 0 aromatic carbocycles. The minimum atomic E-state index is 0.498. The predicted octanol–water partition coefficient (Wildman–Crippen LogP) is 2.01. The van der Waals surface area contributed by atoms with Crippen molar-refractivity contribution in [3.8, 4) is 0 Å². The molecule has 0 N–H and O–H groups in total. The summed E-state index contributed by atoms with van der Waals surface area (Å²) >= 11 is 0. The van der Waals surface area contributed by atoms with Crippen LogP contribution in [0.5, 0.6) is 0 Å². The molecule has 4 aliphatic rings. The minimum Gasteiger partial charge on any atom is -0.299 e. The first-order chi connectivity index (χ1) is 5.36. The van der Waals surface area contributed by atoms with Crippen molar-refractivity contribution in [3.63, 3.8) is 0 Å². The fraction of sp³-hybridized carbons (Fsp3) is 0.900. The van der Waals surface area contributed by atoms with Crippen LogP contribution in [0.3, 0.4) is 0 Å². The monoisotopic (exact) mass is 150 g/mol. The molecule has 1 heteroatoms. The van der Waals surface area contributed by atoms with Crippen LogP contribution >= 0.6 is 0 Å². The van der Waals surface area contributed by atoms with Crippen molar-refractivity contribution in [2.75, 3.05) is 0 Å². The molecule has 0 radical (unpaired) electrons. The zero-order valence-electron chi connectivity index (χ0n) is 6.75. The SMILES string of the molecule is O=C1C2CCC3C1CC[C@H]3C2. The van der Waals surface area contributed by atoms with Gasteiger partial charge >= 0.3 is 0 Å². The van der Waals surface area contributed by atoms with E-state index >= 15 is 0 Å². The first-order valence-corrected chi connectivity index (χ1v) is 4.90. The van der Waals surface area contributed by atoms with Crippen LogP contribution < -0.4 is 0 Å². The molecular formula is C10H14O. The number of hydrogen-bond acceptors (Lipinski definition) is 1. The van der Waals surface area contributed by atoms with Crippen molar-refractivity contribution in [2.45, 2.75) is 32.1 Å². The summed E-state index contributed by atoms with van der Waals surface area (Å²) in [7, 11) is 0. The third-order valence-electron chi connectivity index (χ3n) is 4.17. The van der Waals surface area contributed by atoms with Crippen LogP contribution in [0.25, 0.3) is 0 Å². The summed E-state index contributed by atoms with van der Waals surface area (Å²) in [6.45, 7) is 0. The molecular weight excluding hydrogens is 136 g/mol. The van der Waals surface area contributed by atoms with E-state index < -0.39 is 0 Å². The molecule has 0 aromatic heterocycles. The van der Waals surface area contributed by atoms with Gasteiger partial charge in [-0.3, -0.25) is 4.79 Å². The van der Waals surface area contributed by atoms with Crippen molar-refractivity contribution in [2.24, 2.45) is 23.7 Å². The molecule has 4 fully saturated rings. The maximum atomic E-state index is 11.6. The molecule has 3 unspecified atom stereocenters. The van der Waals surface area contributed by atoms with E-state index in [1.807, 2.05) is 0 Å². The average Bonchev–Trinajstić information content (AvgIpc) is 2.39. The Bertz CT molecular complexity index is 209. The molecule has 4 rings (SSSR count). The second kappa shape index (κ2) is 1.88. The van der Waals surface area contributed by atoms with E-state index in [1.165, 1.54) is 32.1 Å². The number of fused-ring (bicyclic) bond motifs is 1. The molecule has 4 aliphatic carbocycles. The molecule has 60 valence electrons. The Labute approximate surface area is 67.2 Å². The van der Waals surface area contributed by atoms with E-state index in [-0.39, 0.29) is 0 Å². The molecule has 0 aromatic rings. The summed E-state index contributed by atoms with van der Waals surface area (Å²) in [5.41, 5.74) is 0. The van der Waals surface area contributed by atoms with Gasteiger partial charge in [-0.15, -0.1) is 0 Å². The van der Waals surface area contributed by atoms with E-state index in [9.17, 15) is 4.79 Å². The van der Waals surface area contributed by atoms with Gasteiger partial charge in [0.2, 0.25) is 0 Å². The molecule has 0 spiro atoms. The fourth-order valence-corrected chi connectivity index (χ4v) is 3.67. The zero-order valence-corrected chi connectivity index (χ0v) is 6.75. The Morgan fingerprint density at radius 1 is 1.09 bits per heavy atom. The topological polar surface area (TPSA) is 17.1 Å². The van der Waals surface area contributed by atoms with Gasteiger partial charge in [0.1, 0.15) is 5.78 Å². The van der Waals surface area contributed by atoms with Crippen LogP contribution in [0, 0.1) is 23.7 Å². The van der Waals surface area contributed by atoms with Crippen molar-refractivity contribution in [1.82, 2.24) is 0 Å². The first kappa shape index (κ1) is 6.22. The lowest BCUT2D eigenvalue weighted by atomic mass is 9.63. The van der Waals surface area contributed by atoms with Crippen LogP contribution in [-0.4, -0.2) is 5.78 Å². The molecule has 4 atom stereocenters. The lowest BCUT2D eigenvalue weighted by Gasteiger charge is -2.40. The van der Waals surface area contributed by atoms with Crippen LogP contribution in [0.4, 0.5) is 0 Å². The van der Waals surface area contributed by atoms with Crippen molar-refractivity contribution >= 4 is 5.78 Å². The third kappa shape index (κ3) is 0.646. The summed E-state index contributed by atoms with van der Waals surface area (Å²) in [5, 5.41) is 0. The van der Waals surface area contributed by atoms with Crippen LogP contribution in [0.2, 0.25) is 0 Å². The maximum absolute atomic E-state index is 11.6. The van der Waals surface area contributed by atoms with Gasteiger partial charge < -0.3 is 0 Å². The number of carbonyl (C=O) groups excluding carboxylic acids is 1. The Kier molecular flexibility index (Phi) is 1.06. The molecule has 1 nitrogen and oxygen atoms in total. The van der Waals surface area contributed by atoms with E-state index in [0.717, 1.165) is 11.8 Å². The number of ketones is 1. The average molecular weight is 150 g/mol. The van der Waals surface area contributed by atoms with Crippen LogP contribution in [-0.2, 0) is 4.79 Å². The Morgan fingerprint density at radius 3 is 2.82 bits per heavy atom. The Balaban J connectivity index is 2.02. The highest BCUT2D eigenvalue weighted by atomic mass is 16.1. The zero-order chi connectivity index (χ0) is 7.42. The lowest BCUT2D eigenvalue weighted by molar-refractivity contribution is -0.135. The lowest BCUT2D eigenvalue weighted by Crippen LogP contribution is -2.40. The first-order valence-electron chi connectivity index (χ1n) is 4.90. The van der Waals surface area contributed by atoms with Crippen molar-refractivity contribution in [1.29, 1.82) is 0 Å². The highest BCUT2D eigenvalue weighted by Gasteiger charge is 2.51. The fourth-order valence-electron chi connectivity index (χ4n) is 3.67. The van der Waals surface area contributed by atoms with Crippen molar-refractivity contribution < 1.29 is 4.79 Å². The summed E-state index contributed by atoms with van der Waals surface area (Å²) in [6, 6.07) is 0. The summed E-state index contributed by atoms with van der Waals surface area (Å²) in [5.74, 6) is 3.43. The predicted molar refractivity (Wildman–Crippen MR) is 42.1 cm³/mol. The number of carbonyl (C=O) groups is 1. The normalized spacial score (nSPS) is 53.6. The van der Waals surface area contributed by atoms with Gasteiger partial charge in [0.15, 0.2) is 0 Å². The maximum Gasteiger partial charge on any atom is 0.139 e. The van der Waals surface area contributed by atoms with Crippen LogP contribution in [0.15, 0.2) is 0 Å². The van der Waals surface area contributed by atoms with Gasteiger partial charge in [-0.25, -0.2) is 0 Å². The molecule has 0 aliphatic heterocycles. The van der Waals surface area contributed by atoms with Gasteiger partial charge in [0.25, 0.3) is 0 Å². The highest BCUT2D eigenvalue weighted by Crippen LogP contribution is 2.54. The largest absolute Gasteiger partial charge is 0.299 e. The quantitative estimate of drug-likeness (QED) is 0.516. The smallest absolute Gasteiger partial charge is 0.139 e. The molecule has 0 amide bonds. The van der Waals surface area contributed by atoms with E-state index in [4.69, 9.17) is 0 Å². The van der Waals surface area contributed by atoms with E-state index in [0.29, 0.717) is 17.6 Å². The molecule has 4 bridgehead atoms. The summed E-state index contributed by atoms with van der Waals surface area (Å²) in [6.07, 6.45) is 6.42. The van der Waals surface area contributed by atoms with E-state index in [2.05, 4.69) is 0 Å². The number of hydrogen-bond donors (Lipinski definition) is 0. The Hall–Kier alpha value is -0.330. The minimum absolute atomic E-state index is 0.498. The van der Waals surface area contributed by atoms with Crippen LogP contribution in [0.1, 0.15) is 32.1 Å². The highest BCUT2D eigenvalue weighted by molar-refractivity contribution is 5.85. The second-order valence-electron chi connectivity index (χ2n) is 4.52. The standard InChI is InChI=1S/C10H14O/c11-10-7-2-3-8-6(5-7)1-4-9(8)10/h6-9H,1-5H2/t6-,7?,8?,9?/m0/s1. The van der Waals surface area contributed by atoms with Gasteiger partial charge in [-0.2, -0.15) is 0 Å². The van der Waals surface area contributed by atoms with Gasteiger partial charge in [-0.05, 0) is 43.9 Å². The van der Waals surface area contributed by atoms with Crippen molar-refractivity contribution in [3.05, 3.63) is 0 Å². The molecule has 0 heterocycles. The van der Waals surface area contributed by atoms with E-state index in [1.54, 1.807) is 0 Å². The number of rotatable bonds is 0. The molecule has 4 saturated carbocycles. The second-order valence-corrected chi connectivity index (χ2v) is 4.52. The number of Topliss-reactive ketones (excluding diaryl/α,β-unsaturated/α-hetero) is 1. The molecule has 11 heavy (non-hydrogen) atoms. The van der Waals surface area contributed by atoms with Gasteiger partial charge in [0.05, 0.1) is 0 Å². The van der Waals surface area contributed by atoms with Gasteiger partial charge in [-0.1, -0.05) is 0 Å². The third-order valence-corrected chi connectivity index (χ3v) is 4.17. The van der Waals surface area contributed by atoms with Gasteiger partial charge in [0, 0.05) is 11.8 Å². The Morgan fingerprint density at radius 2 is 2.00 bits per heavy atom. The summed E-state index contributed by atoms with van der Waals surface area (Å²) in [4.78, 5) is 11.6. The summed E-state index contributed by atoms with van der Waals surface area (Å²) < 4.78 is 0. The molecule has 0 saturated heterocycles.